The number of rotatable bonds is 6. The maximum atomic E-state index is 8.63. The highest BCUT2D eigenvalue weighted by Crippen LogP contribution is 2.13. The highest BCUT2D eigenvalue weighted by molar-refractivity contribution is 7.99. The van der Waals surface area contributed by atoms with E-state index < -0.39 is 0 Å². The molecule has 1 aromatic carbocycles. The highest BCUT2D eigenvalue weighted by Gasteiger charge is 1.97. The lowest BCUT2D eigenvalue weighted by Crippen LogP contribution is -2.02. The zero-order valence-electron chi connectivity index (χ0n) is 11.0. The third-order valence-corrected chi connectivity index (χ3v) is 3.45. The molecule has 0 fully saturated rings. The number of benzene rings is 1. The maximum Gasteiger partial charge on any atom is 0.120 e. The first-order chi connectivity index (χ1) is 8.72. The maximum absolute atomic E-state index is 8.63. The molecule has 0 radical (unpaired) electrons. The Labute approximate surface area is 114 Å². The van der Waals surface area contributed by atoms with Crippen LogP contribution in [0.5, 0.6) is 5.75 Å². The second-order valence-corrected chi connectivity index (χ2v) is 5.45. The highest BCUT2D eigenvalue weighted by atomic mass is 32.2. The van der Waals surface area contributed by atoms with Crippen molar-refractivity contribution in [2.24, 2.45) is 5.92 Å². The minimum Gasteiger partial charge on any atom is -0.493 e. The molecule has 98 valence electrons. The predicted octanol–water partition coefficient (Wildman–Crippen LogP) is 2.80. The lowest BCUT2D eigenvalue weighted by atomic mass is 10.2. The lowest BCUT2D eigenvalue weighted by Gasteiger charge is -2.07. The molecule has 0 saturated carbocycles. The van der Waals surface area contributed by atoms with E-state index in [2.05, 4.69) is 25.7 Å². The summed E-state index contributed by atoms with van der Waals surface area (Å²) in [5.41, 5.74) is 0.872. The Morgan fingerprint density at radius 2 is 2.22 bits per heavy atom. The van der Waals surface area contributed by atoms with E-state index in [9.17, 15) is 0 Å². The van der Waals surface area contributed by atoms with Gasteiger partial charge in [0.05, 0.1) is 6.61 Å². The van der Waals surface area contributed by atoms with Crippen LogP contribution in [0.4, 0.5) is 0 Å². The van der Waals surface area contributed by atoms with E-state index >= 15 is 0 Å². The van der Waals surface area contributed by atoms with Crippen LogP contribution in [0.15, 0.2) is 24.3 Å². The summed E-state index contributed by atoms with van der Waals surface area (Å²) in [4.78, 5) is 0. The van der Waals surface area contributed by atoms with Gasteiger partial charge in [0, 0.05) is 11.3 Å². The minimum atomic E-state index is -0.114. The zero-order chi connectivity index (χ0) is 13.2. The average Bonchev–Trinajstić information content (AvgIpc) is 2.36. The van der Waals surface area contributed by atoms with Crippen molar-refractivity contribution in [3.05, 3.63) is 29.8 Å². The van der Waals surface area contributed by atoms with Gasteiger partial charge in [-0.1, -0.05) is 31.8 Å². The first-order valence-electron chi connectivity index (χ1n) is 6.12. The summed E-state index contributed by atoms with van der Waals surface area (Å²) in [5.74, 6) is 9.24. The standard InChI is InChI=1S/C15H20O2S/c1-13(2)12-18-10-9-17-15-7-3-5-14(11-15)6-4-8-16/h3,5,7,11,13,16H,8-10,12H2,1-2H3. The Morgan fingerprint density at radius 1 is 1.39 bits per heavy atom. The number of aliphatic hydroxyl groups is 1. The van der Waals surface area contributed by atoms with Crippen LogP contribution in [-0.2, 0) is 0 Å². The molecule has 0 heterocycles. The molecule has 18 heavy (non-hydrogen) atoms. The van der Waals surface area contributed by atoms with Crippen molar-refractivity contribution in [1.29, 1.82) is 0 Å². The van der Waals surface area contributed by atoms with Gasteiger partial charge in [0.15, 0.2) is 0 Å². The van der Waals surface area contributed by atoms with E-state index in [4.69, 9.17) is 9.84 Å². The monoisotopic (exact) mass is 264 g/mol. The van der Waals surface area contributed by atoms with Crippen molar-refractivity contribution in [2.75, 3.05) is 24.7 Å². The molecular formula is C15H20O2S. The van der Waals surface area contributed by atoms with Crippen LogP contribution in [0.3, 0.4) is 0 Å². The van der Waals surface area contributed by atoms with Crippen LogP contribution in [0.1, 0.15) is 19.4 Å². The van der Waals surface area contributed by atoms with Crippen molar-refractivity contribution < 1.29 is 9.84 Å². The molecule has 0 aliphatic heterocycles. The lowest BCUT2D eigenvalue weighted by molar-refractivity contribution is 0.343. The molecule has 0 bridgehead atoms. The molecule has 0 amide bonds. The van der Waals surface area contributed by atoms with Crippen LogP contribution in [0.25, 0.3) is 0 Å². The van der Waals surface area contributed by atoms with E-state index in [0.717, 1.165) is 23.0 Å². The first-order valence-corrected chi connectivity index (χ1v) is 7.28. The molecule has 0 aliphatic carbocycles. The summed E-state index contributed by atoms with van der Waals surface area (Å²) in [5, 5.41) is 8.63. The summed E-state index contributed by atoms with van der Waals surface area (Å²) in [6, 6.07) is 7.65. The van der Waals surface area contributed by atoms with E-state index in [1.807, 2.05) is 36.0 Å². The SMILES string of the molecule is CC(C)CSCCOc1cccc(C#CCO)c1. The van der Waals surface area contributed by atoms with Gasteiger partial charge in [0.1, 0.15) is 12.4 Å². The average molecular weight is 264 g/mol. The second kappa shape index (κ2) is 8.91. The van der Waals surface area contributed by atoms with Crippen LogP contribution in [0.2, 0.25) is 0 Å². The molecule has 0 atom stereocenters. The molecule has 0 aromatic heterocycles. The fraction of sp³-hybridized carbons (Fsp3) is 0.467. The second-order valence-electron chi connectivity index (χ2n) is 4.30. The summed E-state index contributed by atoms with van der Waals surface area (Å²) in [6.45, 7) is 5.04. The fourth-order valence-electron chi connectivity index (χ4n) is 1.34. The van der Waals surface area contributed by atoms with Gasteiger partial charge in [0.2, 0.25) is 0 Å². The van der Waals surface area contributed by atoms with E-state index in [1.54, 1.807) is 0 Å². The molecule has 1 rings (SSSR count). The van der Waals surface area contributed by atoms with Crippen molar-refractivity contribution in [3.8, 4) is 17.6 Å². The molecule has 3 heteroatoms. The third-order valence-electron chi connectivity index (χ3n) is 2.09. The Kier molecular flexibility index (Phi) is 7.40. The van der Waals surface area contributed by atoms with Crippen molar-refractivity contribution in [2.45, 2.75) is 13.8 Å². The van der Waals surface area contributed by atoms with Crippen LogP contribution in [-0.4, -0.2) is 29.8 Å². The van der Waals surface area contributed by atoms with Gasteiger partial charge in [-0.3, -0.25) is 0 Å². The number of aliphatic hydroxyl groups excluding tert-OH is 1. The smallest absolute Gasteiger partial charge is 0.120 e. The molecule has 0 unspecified atom stereocenters. The number of thioether (sulfide) groups is 1. The quantitative estimate of drug-likeness (QED) is 0.633. The van der Waals surface area contributed by atoms with E-state index in [0.29, 0.717) is 6.61 Å². The summed E-state index contributed by atoms with van der Waals surface area (Å²) in [6.07, 6.45) is 0. The summed E-state index contributed by atoms with van der Waals surface area (Å²) >= 11 is 1.91. The molecule has 0 aliphatic rings. The number of hydrogen-bond acceptors (Lipinski definition) is 3. The molecule has 0 saturated heterocycles. The normalized spacial score (nSPS) is 10.0. The van der Waals surface area contributed by atoms with Gasteiger partial charge >= 0.3 is 0 Å². The van der Waals surface area contributed by atoms with Gasteiger partial charge in [-0.05, 0) is 29.9 Å². The van der Waals surface area contributed by atoms with Crippen molar-refractivity contribution in [3.63, 3.8) is 0 Å². The number of ether oxygens (including phenoxy) is 1. The number of hydrogen-bond donors (Lipinski definition) is 1. The van der Waals surface area contributed by atoms with Gasteiger partial charge in [-0.2, -0.15) is 11.8 Å². The van der Waals surface area contributed by atoms with Crippen molar-refractivity contribution in [1.82, 2.24) is 0 Å². The molecule has 0 spiro atoms. The third kappa shape index (κ3) is 6.58. The first kappa shape index (κ1) is 14.9. The topological polar surface area (TPSA) is 29.5 Å². The minimum absolute atomic E-state index is 0.114. The molecular weight excluding hydrogens is 244 g/mol. The molecule has 2 nitrogen and oxygen atoms in total. The Hall–Kier alpha value is -1.11. The Morgan fingerprint density at radius 3 is 2.94 bits per heavy atom. The molecule has 1 aromatic rings. The zero-order valence-corrected chi connectivity index (χ0v) is 11.8. The fourth-order valence-corrected chi connectivity index (χ4v) is 2.18. The predicted molar refractivity (Wildman–Crippen MR) is 78.1 cm³/mol. The summed E-state index contributed by atoms with van der Waals surface area (Å²) < 4.78 is 5.66. The van der Waals surface area contributed by atoms with Crippen LogP contribution in [0, 0.1) is 17.8 Å². The van der Waals surface area contributed by atoms with Crippen LogP contribution < -0.4 is 4.74 Å². The van der Waals surface area contributed by atoms with Gasteiger partial charge in [-0.15, -0.1) is 0 Å². The van der Waals surface area contributed by atoms with Gasteiger partial charge in [0.25, 0.3) is 0 Å². The molecule has 1 N–H and O–H groups in total. The van der Waals surface area contributed by atoms with E-state index in [1.165, 1.54) is 5.75 Å². The largest absolute Gasteiger partial charge is 0.493 e. The Balaban J connectivity index is 2.34. The van der Waals surface area contributed by atoms with E-state index in [-0.39, 0.29) is 6.61 Å². The summed E-state index contributed by atoms with van der Waals surface area (Å²) in [7, 11) is 0. The van der Waals surface area contributed by atoms with Gasteiger partial charge < -0.3 is 9.84 Å². The Bertz CT molecular complexity index is 404. The van der Waals surface area contributed by atoms with Gasteiger partial charge in [-0.25, -0.2) is 0 Å². The van der Waals surface area contributed by atoms with Crippen LogP contribution >= 0.6 is 11.8 Å². The van der Waals surface area contributed by atoms with Crippen molar-refractivity contribution >= 4 is 11.8 Å².